The smallest absolute Gasteiger partial charge is 0.321 e. The lowest BCUT2D eigenvalue weighted by Crippen LogP contribution is -2.37. The number of Topliss-reactive ketones (excluding diaryl/α,β-unsaturated/α-hetero) is 1. The highest BCUT2D eigenvalue weighted by molar-refractivity contribution is 5.95. The number of anilines is 1. The summed E-state index contributed by atoms with van der Waals surface area (Å²) in [4.78, 5) is 24.8. The van der Waals surface area contributed by atoms with E-state index in [0.29, 0.717) is 24.3 Å². The fourth-order valence-corrected chi connectivity index (χ4v) is 1.72. The monoisotopic (exact) mass is 273 g/mol. The predicted molar refractivity (Wildman–Crippen MR) is 77.5 cm³/mol. The van der Waals surface area contributed by atoms with Gasteiger partial charge in [-0.3, -0.25) is 4.79 Å². The first kappa shape index (κ1) is 15.7. The maximum absolute atomic E-state index is 12.1. The quantitative estimate of drug-likeness (QED) is 0.838. The lowest BCUT2D eigenvalue weighted by Gasteiger charge is -2.22. The molecule has 1 aromatic rings. The van der Waals surface area contributed by atoms with E-state index in [2.05, 4.69) is 11.4 Å². The first-order valence-electron chi connectivity index (χ1n) is 6.54. The third-order valence-electron chi connectivity index (χ3n) is 2.93. The summed E-state index contributed by atoms with van der Waals surface area (Å²) in [5, 5.41) is 11.5. The van der Waals surface area contributed by atoms with Gasteiger partial charge in [0.1, 0.15) is 0 Å². The molecule has 1 atom stereocenters. The Morgan fingerprint density at radius 3 is 2.40 bits per heavy atom. The number of nitrogens with zero attached hydrogens (tertiary/aromatic N) is 2. The molecule has 106 valence electrons. The molecule has 1 N–H and O–H groups in total. The normalized spacial score (nSPS) is 11.3. The van der Waals surface area contributed by atoms with Crippen LogP contribution in [0, 0.1) is 17.2 Å². The second kappa shape index (κ2) is 7.29. The van der Waals surface area contributed by atoms with E-state index in [-0.39, 0.29) is 17.7 Å². The van der Waals surface area contributed by atoms with Gasteiger partial charge in [-0.25, -0.2) is 4.79 Å². The standard InChI is InChI=1S/C15H19N3O2/c1-4-18(10-11(2)9-16)15(20)17-14-7-5-13(6-8-14)12(3)19/h5-8,11H,4,10H2,1-3H3,(H,17,20). The van der Waals surface area contributed by atoms with Crippen LogP contribution < -0.4 is 5.32 Å². The SMILES string of the molecule is CCN(CC(C)C#N)C(=O)Nc1ccc(C(C)=O)cc1. The van der Waals surface area contributed by atoms with Crippen molar-refractivity contribution in [2.24, 2.45) is 5.92 Å². The minimum Gasteiger partial charge on any atom is -0.324 e. The molecule has 0 saturated carbocycles. The van der Waals surface area contributed by atoms with Crippen LogP contribution >= 0.6 is 0 Å². The van der Waals surface area contributed by atoms with Gasteiger partial charge in [0.2, 0.25) is 0 Å². The van der Waals surface area contributed by atoms with Crippen molar-refractivity contribution in [3.05, 3.63) is 29.8 Å². The van der Waals surface area contributed by atoms with E-state index in [1.807, 2.05) is 6.92 Å². The Hall–Kier alpha value is -2.35. The number of amides is 2. The van der Waals surface area contributed by atoms with Gasteiger partial charge in [0, 0.05) is 24.3 Å². The van der Waals surface area contributed by atoms with Gasteiger partial charge in [-0.05, 0) is 45.0 Å². The summed E-state index contributed by atoms with van der Waals surface area (Å²) in [5.74, 6) is -0.221. The van der Waals surface area contributed by atoms with E-state index in [0.717, 1.165) is 0 Å². The van der Waals surface area contributed by atoms with E-state index in [4.69, 9.17) is 5.26 Å². The van der Waals surface area contributed by atoms with Gasteiger partial charge in [-0.2, -0.15) is 5.26 Å². The maximum atomic E-state index is 12.1. The van der Waals surface area contributed by atoms with E-state index in [9.17, 15) is 9.59 Å². The zero-order valence-electron chi connectivity index (χ0n) is 12.0. The zero-order chi connectivity index (χ0) is 15.1. The average Bonchev–Trinajstić information content (AvgIpc) is 2.44. The summed E-state index contributed by atoms with van der Waals surface area (Å²) in [6.07, 6.45) is 0. The van der Waals surface area contributed by atoms with Gasteiger partial charge in [-0.1, -0.05) is 0 Å². The van der Waals surface area contributed by atoms with Gasteiger partial charge in [-0.15, -0.1) is 0 Å². The minimum absolute atomic E-state index is 0.0130. The van der Waals surface area contributed by atoms with E-state index in [1.54, 1.807) is 36.1 Å². The highest BCUT2D eigenvalue weighted by atomic mass is 16.2. The molecule has 0 spiro atoms. The Morgan fingerprint density at radius 2 is 1.95 bits per heavy atom. The molecule has 5 heteroatoms. The molecular formula is C15H19N3O2. The van der Waals surface area contributed by atoms with Crippen molar-refractivity contribution in [2.45, 2.75) is 20.8 Å². The topological polar surface area (TPSA) is 73.2 Å². The Bertz CT molecular complexity index is 517. The van der Waals surface area contributed by atoms with Gasteiger partial charge in [0.05, 0.1) is 12.0 Å². The van der Waals surface area contributed by atoms with Gasteiger partial charge in [0.15, 0.2) is 5.78 Å². The minimum atomic E-state index is -0.245. The molecule has 0 aromatic heterocycles. The van der Waals surface area contributed by atoms with Gasteiger partial charge in [0.25, 0.3) is 0 Å². The van der Waals surface area contributed by atoms with Gasteiger partial charge >= 0.3 is 6.03 Å². The summed E-state index contributed by atoms with van der Waals surface area (Å²) in [5.41, 5.74) is 1.23. The van der Waals surface area contributed by atoms with Crippen molar-refractivity contribution in [1.82, 2.24) is 4.90 Å². The van der Waals surface area contributed by atoms with Crippen molar-refractivity contribution >= 4 is 17.5 Å². The summed E-state index contributed by atoms with van der Waals surface area (Å²) in [7, 11) is 0. The Balaban J connectivity index is 2.69. The van der Waals surface area contributed by atoms with Gasteiger partial charge < -0.3 is 10.2 Å². The molecule has 0 aliphatic rings. The van der Waals surface area contributed by atoms with E-state index >= 15 is 0 Å². The van der Waals surface area contributed by atoms with Crippen molar-refractivity contribution in [2.75, 3.05) is 18.4 Å². The second-order valence-corrected chi connectivity index (χ2v) is 4.63. The number of carbonyl (C=O) groups excluding carboxylic acids is 2. The Labute approximate surface area is 119 Å². The fraction of sp³-hybridized carbons (Fsp3) is 0.400. The number of nitrogens with one attached hydrogen (secondary N) is 1. The molecule has 0 aliphatic heterocycles. The Morgan fingerprint density at radius 1 is 1.35 bits per heavy atom. The molecule has 0 bridgehead atoms. The molecule has 1 rings (SSSR count). The van der Waals surface area contributed by atoms with Crippen LogP contribution in [0.4, 0.5) is 10.5 Å². The summed E-state index contributed by atoms with van der Waals surface area (Å²) in [6, 6.07) is 8.59. The molecule has 0 saturated heterocycles. The molecular weight excluding hydrogens is 254 g/mol. The van der Waals surface area contributed by atoms with Crippen LogP contribution in [0.1, 0.15) is 31.1 Å². The molecule has 0 aliphatic carbocycles. The van der Waals surface area contributed by atoms with Crippen molar-refractivity contribution in [3.63, 3.8) is 0 Å². The molecule has 0 fully saturated rings. The third kappa shape index (κ3) is 4.39. The van der Waals surface area contributed by atoms with Crippen LogP contribution in [0.3, 0.4) is 0 Å². The third-order valence-corrected chi connectivity index (χ3v) is 2.93. The number of hydrogen-bond donors (Lipinski definition) is 1. The zero-order valence-corrected chi connectivity index (χ0v) is 12.0. The molecule has 5 nitrogen and oxygen atoms in total. The first-order valence-corrected chi connectivity index (χ1v) is 6.54. The fourth-order valence-electron chi connectivity index (χ4n) is 1.72. The van der Waals surface area contributed by atoms with Crippen LogP contribution in [0.2, 0.25) is 0 Å². The van der Waals surface area contributed by atoms with Crippen LogP contribution in [0.25, 0.3) is 0 Å². The molecule has 0 radical (unpaired) electrons. The number of rotatable bonds is 5. The molecule has 1 aromatic carbocycles. The summed E-state index contributed by atoms with van der Waals surface area (Å²) >= 11 is 0. The Kier molecular flexibility index (Phi) is 5.73. The number of benzene rings is 1. The number of ketones is 1. The van der Waals surface area contributed by atoms with Crippen LogP contribution in [0.15, 0.2) is 24.3 Å². The van der Waals surface area contributed by atoms with E-state index in [1.165, 1.54) is 6.92 Å². The highest BCUT2D eigenvalue weighted by Gasteiger charge is 2.14. The lowest BCUT2D eigenvalue weighted by atomic mass is 10.1. The average molecular weight is 273 g/mol. The number of hydrogen-bond acceptors (Lipinski definition) is 3. The number of carbonyl (C=O) groups is 2. The van der Waals surface area contributed by atoms with Crippen molar-refractivity contribution < 1.29 is 9.59 Å². The number of urea groups is 1. The predicted octanol–water partition coefficient (Wildman–Crippen LogP) is 2.90. The second-order valence-electron chi connectivity index (χ2n) is 4.63. The summed E-state index contributed by atoms with van der Waals surface area (Å²) < 4.78 is 0. The first-order chi connectivity index (χ1) is 9.47. The molecule has 1 unspecified atom stereocenters. The van der Waals surface area contributed by atoms with Crippen LogP contribution in [-0.2, 0) is 0 Å². The number of nitriles is 1. The maximum Gasteiger partial charge on any atom is 0.321 e. The molecule has 2 amide bonds. The van der Waals surface area contributed by atoms with Crippen molar-refractivity contribution in [1.29, 1.82) is 5.26 Å². The van der Waals surface area contributed by atoms with Crippen LogP contribution in [0.5, 0.6) is 0 Å². The van der Waals surface area contributed by atoms with Crippen LogP contribution in [-0.4, -0.2) is 29.8 Å². The van der Waals surface area contributed by atoms with Crippen molar-refractivity contribution in [3.8, 4) is 6.07 Å². The summed E-state index contributed by atoms with van der Waals surface area (Å²) in [6.45, 7) is 6.06. The lowest BCUT2D eigenvalue weighted by molar-refractivity contribution is 0.101. The largest absolute Gasteiger partial charge is 0.324 e. The highest BCUT2D eigenvalue weighted by Crippen LogP contribution is 2.11. The molecule has 20 heavy (non-hydrogen) atoms. The molecule has 0 heterocycles. The van der Waals surface area contributed by atoms with E-state index < -0.39 is 0 Å².